The highest BCUT2D eigenvalue weighted by Gasteiger charge is 2.17. The number of rotatable bonds is 0. The van der Waals surface area contributed by atoms with E-state index in [0.29, 0.717) is 6.61 Å². The van der Waals surface area contributed by atoms with E-state index in [4.69, 9.17) is 10.5 Å². The molecule has 0 fully saturated rings. The second-order valence-corrected chi connectivity index (χ2v) is 2.93. The van der Waals surface area contributed by atoms with Gasteiger partial charge in [0.2, 0.25) is 0 Å². The summed E-state index contributed by atoms with van der Waals surface area (Å²) in [5, 5.41) is 0. The molecule has 0 bridgehead atoms. The molecule has 0 radical (unpaired) electrons. The predicted octanol–water partition coefficient (Wildman–Crippen LogP) is 2.03. The van der Waals surface area contributed by atoms with E-state index in [1.807, 2.05) is 0 Å². The van der Waals surface area contributed by atoms with Crippen molar-refractivity contribution in [2.45, 2.75) is 12.5 Å². The highest BCUT2D eigenvalue weighted by Crippen LogP contribution is 2.30. The molecular weight excluding hydrogens is 193 g/mol. The van der Waals surface area contributed by atoms with Crippen LogP contribution in [0.5, 0.6) is 5.75 Å². The zero-order valence-electron chi connectivity index (χ0n) is 7.00. The molecule has 72 valence electrons. The van der Waals surface area contributed by atoms with E-state index >= 15 is 0 Å². The van der Waals surface area contributed by atoms with Crippen molar-refractivity contribution < 1.29 is 9.13 Å². The van der Waals surface area contributed by atoms with Crippen LogP contribution in [-0.4, -0.2) is 6.61 Å². The van der Waals surface area contributed by atoms with Gasteiger partial charge in [0.25, 0.3) is 0 Å². The number of fused-ring (bicyclic) bond motifs is 1. The summed E-state index contributed by atoms with van der Waals surface area (Å²) in [7, 11) is 0. The Morgan fingerprint density at radius 2 is 2.23 bits per heavy atom. The monoisotopic (exact) mass is 203 g/mol. The Bertz CT molecular complexity index is 306. The molecule has 1 aromatic rings. The molecule has 0 saturated heterocycles. The van der Waals surface area contributed by atoms with Crippen molar-refractivity contribution in [2.24, 2.45) is 5.73 Å². The van der Waals surface area contributed by atoms with Gasteiger partial charge in [-0.2, -0.15) is 0 Å². The smallest absolute Gasteiger partial charge is 0.124 e. The third-order valence-electron chi connectivity index (χ3n) is 2.06. The summed E-state index contributed by atoms with van der Waals surface area (Å²) in [5.74, 6) is 0.463. The summed E-state index contributed by atoms with van der Waals surface area (Å²) in [5.41, 5.74) is 6.55. The number of benzene rings is 1. The molecule has 1 aromatic carbocycles. The maximum Gasteiger partial charge on any atom is 0.124 e. The number of hydrogen-bond acceptors (Lipinski definition) is 2. The van der Waals surface area contributed by atoms with Gasteiger partial charge >= 0.3 is 0 Å². The summed E-state index contributed by atoms with van der Waals surface area (Å²) >= 11 is 0. The van der Waals surface area contributed by atoms with Crippen molar-refractivity contribution >= 4 is 12.4 Å². The van der Waals surface area contributed by atoms with Gasteiger partial charge in [0.15, 0.2) is 0 Å². The Hall–Kier alpha value is -0.800. The van der Waals surface area contributed by atoms with Gasteiger partial charge < -0.3 is 10.5 Å². The predicted molar refractivity (Wildman–Crippen MR) is 50.7 cm³/mol. The van der Waals surface area contributed by atoms with Crippen LogP contribution in [-0.2, 0) is 0 Å². The van der Waals surface area contributed by atoms with Crippen LogP contribution in [0, 0.1) is 5.82 Å². The van der Waals surface area contributed by atoms with E-state index in [1.54, 1.807) is 6.07 Å². The van der Waals surface area contributed by atoms with Gasteiger partial charge in [-0.25, -0.2) is 4.39 Å². The molecule has 1 aliphatic rings. The summed E-state index contributed by atoms with van der Waals surface area (Å²) < 4.78 is 18.1. The second-order valence-electron chi connectivity index (χ2n) is 2.93. The SMILES string of the molecule is Cl.N[C@H]1CCOc2ccc(F)cc21. The van der Waals surface area contributed by atoms with Crippen LogP contribution in [0.1, 0.15) is 18.0 Å². The fourth-order valence-electron chi connectivity index (χ4n) is 1.39. The van der Waals surface area contributed by atoms with Gasteiger partial charge in [0.1, 0.15) is 11.6 Å². The van der Waals surface area contributed by atoms with E-state index in [-0.39, 0.29) is 24.3 Å². The molecule has 2 rings (SSSR count). The standard InChI is InChI=1S/C9H10FNO.ClH/c10-6-1-2-9-7(5-6)8(11)3-4-12-9;/h1-2,5,8H,3-4,11H2;1H/t8-;/m0./s1. The number of halogens is 2. The topological polar surface area (TPSA) is 35.2 Å². The first-order valence-electron chi connectivity index (χ1n) is 3.95. The third kappa shape index (κ3) is 1.92. The minimum absolute atomic E-state index is 0. The molecule has 0 unspecified atom stereocenters. The molecular formula is C9H11ClFNO. The Morgan fingerprint density at radius 1 is 1.46 bits per heavy atom. The summed E-state index contributed by atoms with van der Waals surface area (Å²) in [6.45, 7) is 0.625. The molecule has 4 heteroatoms. The fraction of sp³-hybridized carbons (Fsp3) is 0.333. The molecule has 0 amide bonds. The van der Waals surface area contributed by atoms with E-state index in [0.717, 1.165) is 17.7 Å². The van der Waals surface area contributed by atoms with Gasteiger partial charge in [0, 0.05) is 18.0 Å². The molecule has 0 aliphatic carbocycles. The molecule has 2 nitrogen and oxygen atoms in total. The minimum atomic E-state index is -0.255. The van der Waals surface area contributed by atoms with Gasteiger partial charge in [-0.15, -0.1) is 12.4 Å². The Kier molecular flexibility index (Phi) is 3.12. The van der Waals surface area contributed by atoms with Crippen molar-refractivity contribution in [1.82, 2.24) is 0 Å². The lowest BCUT2D eigenvalue weighted by atomic mass is 10.0. The minimum Gasteiger partial charge on any atom is -0.493 e. The number of nitrogens with two attached hydrogens (primary N) is 1. The molecule has 2 N–H and O–H groups in total. The second kappa shape index (κ2) is 3.94. The van der Waals surface area contributed by atoms with Crippen molar-refractivity contribution in [3.05, 3.63) is 29.6 Å². The van der Waals surface area contributed by atoms with Crippen molar-refractivity contribution in [3.8, 4) is 5.75 Å². The number of ether oxygens (including phenoxy) is 1. The summed E-state index contributed by atoms with van der Waals surface area (Å²) in [6.07, 6.45) is 0.760. The van der Waals surface area contributed by atoms with Crippen LogP contribution in [0.2, 0.25) is 0 Å². The zero-order valence-corrected chi connectivity index (χ0v) is 7.81. The van der Waals surface area contributed by atoms with Crippen molar-refractivity contribution in [3.63, 3.8) is 0 Å². The first-order chi connectivity index (χ1) is 5.77. The van der Waals surface area contributed by atoms with E-state index < -0.39 is 0 Å². The highest BCUT2D eigenvalue weighted by atomic mass is 35.5. The van der Waals surface area contributed by atoms with Crippen LogP contribution in [0.25, 0.3) is 0 Å². The van der Waals surface area contributed by atoms with Gasteiger partial charge in [-0.05, 0) is 18.2 Å². The molecule has 0 spiro atoms. The normalized spacial score (nSPS) is 19.7. The molecule has 0 aromatic heterocycles. The lowest BCUT2D eigenvalue weighted by molar-refractivity contribution is 0.268. The van der Waals surface area contributed by atoms with Crippen LogP contribution in [0.3, 0.4) is 0 Å². The van der Waals surface area contributed by atoms with Gasteiger partial charge in [-0.3, -0.25) is 0 Å². The van der Waals surface area contributed by atoms with E-state index in [1.165, 1.54) is 12.1 Å². The quantitative estimate of drug-likeness (QED) is 0.700. The van der Waals surface area contributed by atoms with E-state index in [2.05, 4.69) is 0 Å². The van der Waals surface area contributed by atoms with E-state index in [9.17, 15) is 4.39 Å². The Balaban J connectivity index is 0.000000845. The third-order valence-corrected chi connectivity index (χ3v) is 2.06. The van der Waals surface area contributed by atoms with Crippen LogP contribution >= 0.6 is 12.4 Å². The van der Waals surface area contributed by atoms with Crippen LogP contribution in [0.15, 0.2) is 18.2 Å². The molecule has 13 heavy (non-hydrogen) atoms. The molecule has 1 aliphatic heterocycles. The average molecular weight is 204 g/mol. The van der Waals surface area contributed by atoms with Crippen molar-refractivity contribution in [1.29, 1.82) is 0 Å². The molecule has 0 saturated carbocycles. The zero-order chi connectivity index (χ0) is 8.55. The average Bonchev–Trinajstić information content (AvgIpc) is 2.07. The number of hydrogen-bond donors (Lipinski definition) is 1. The largest absolute Gasteiger partial charge is 0.493 e. The van der Waals surface area contributed by atoms with Crippen LogP contribution < -0.4 is 10.5 Å². The fourth-order valence-corrected chi connectivity index (χ4v) is 1.39. The van der Waals surface area contributed by atoms with Gasteiger partial charge in [-0.1, -0.05) is 0 Å². The Labute approximate surface area is 82.3 Å². The first-order valence-corrected chi connectivity index (χ1v) is 3.95. The maximum atomic E-state index is 12.8. The summed E-state index contributed by atoms with van der Waals surface area (Å²) in [4.78, 5) is 0. The lowest BCUT2D eigenvalue weighted by Gasteiger charge is -2.22. The Morgan fingerprint density at radius 3 is 3.00 bits per heavy atom. The lowest BCUT2D eigenvalue weighted by Crippen LogP contribution is -2.20. The van der Waals surface area contributed by atoms with Crippen LogP contribution in [0.4, 0.5) is 4.39 Å². The maximum absolute atomic E-state index is 12.8. The first kappa shape index (κ1) is 10.3. The highest BCUT2D eigenvalue weighted by molar-refractivity contribution is 5.85. The summed E-state index contributed by atoms with van der Waals surface area (Å²) in [6, 6.07) is 4.38. The molecule has 1 heterocycles. The van der Waals surface area contributed by atoms with Crippen molar-refractivity contribution in [2.75, 3.05) is 6.61 Å². The molecule has 1 atom stereocenters. The van der Waals surface area contributed by atoms with Gasteiger partial charge in [0.05, 0.1) is 6.61 Å².